The lowest BCUT2D eigenvalue weighted by molar-refractivity contribution is -0.135. The molecule has 0 radical (unpaired) electrons. The van der Waals surface area contributed by atoms with Crippen molar-refractivity contribution in [2.45, 2.75) is 6.10 Å². The average Bonchev–Trinajstić information content (AvgIpc) is 2.75. The highest BCUT2D eigenvalue weighted by Crippen LogP contribution is 2.30. The molecule has 1 aliphatic rings. The summed E-state index contributed by atoms with van der Waals surface area (Å²) < 4.78 is 15.8. The fourth-order valence-corrected chi connectivity index (χ4v) is 2.33. The molecule has 2 N–H and O–H groups in total. The number of nitriles is 1. The summed E-state index contributed by atoms with van der Waals surface area (Å²) >= 11 is 0. The van der Waals surface area contributed by atoms with Gasteiger partial charge in [-0.3, -0.25) is 20.4 Å². The van der Waals surface area contributed by atoms with Crippen LogP contribution >= 0.6 is 0 Å². The molecule has 1 heterocycles. The molecule has 2 aromatic rings. The van der Waals surface area contributed by atoms with Gasteiger partial charge in [0.2, 0.25) is 6.10 Å². The quantitative estimate of drug-likeness (QED) is 0.590. The molecule has 0 fully saturated rings. The normalized spacial score (nSPS) is 14.3. The lowest BCUT2D eigenvalue weighted by atomic mass is 10.1. The van der Waals surface area contributed by atoms with Gasteiger partial charge in [0, 0.05) is 0 Å². The van der Waals surface area contributed by atoms with Crippen LogP contribution in [0.5, 0.6) is 11.5 Å². The van der Waals surface area contributed by atoms with E-state index < -0.39 is 30.5 Å². The fraction of sp³-hybridized carbons (Fsp3) is 0.158. The standard InChI is InChI=1S/C19H15N3O6/c20-9-12-4-3-5-13(8-12)19(25)27-11-17(23)21-22-18(24)16-10-26-14-6-1-2-7-15(14)28-16/h1-8,16H,10-11H2,(H,21,23)(H,22,24)/t16-/m0/s1. The molecule has 28 heavy (non-hydrogen) atoms. The minimum Gasteiger partial charge on any atom is -0.485 e. The van der Waals surface area contributed by atoms with Crippen molar-refractivity contribution in [2.75, 3.05) is 13.2 Å². The molecule has 0 aromatic heterocycles. The van der Waals surface area contributed by atoms with Gasteiger partial charge >= 0.3 is 5.97 Å². The minimum atomic E-state index is -0.938. The molecule has 1 atom stereocenters. The van der Waals surface area contributed by atoms with Gasteiger partial charge in [-0.25, -0.2) is 4.79 Å². The van der Waals surface area contributed by atoms with Crippen LogP contribution in [0, 0.1) is 11.3 Å². The van der Waals surface area contributed by atoms with Gasteiger partial charge in [0.25, 0.3) is 11.8 Å². The average molecular weight is 381 g/mol. The first-order valence-electron chi connectivity index (χ1n) is 8.21. The third-order valence-corrected chi connectivity index (χ3v) is 3.69. The van der Waals surface area contributed by atoms with Crippen molar-refractivity contribution in [1.29, 1.82) is 5.26 Å². The summed E-state index contributed by atoms with van der Waals surface area (Å²) in [5.74, 6) is -1.16. The molecule has 2 amide bonds. The van der Waals surface area contributed by atoms with E-state index in [1.165, 1.54) is 24.3 Å². The molecule has 3 rings (SSSR count). The number of amides is 2. The molecule has 0 unspecified atom stereocenters. The van der Waals surface area contributed by atoms with E-state index in [4.69, 9.17) is 19.5 Å². The van der Waals surface area contributed by atoms with Crippen molar-refractivity contribution in [3.05, 3.63) is 59.7 Å². The maximum absolute atomic E-state index is 12.1. The highest BCUT2D eigenvalue weighted by Gasteiger charge is 2.27. The first kappa shape index (κ1) is 18.7. The Labute approximate surface area is 159 Å². The molecular formula is C19H15N3O6. The van der Waals surface area contributed by atoms with Gasteiger partial charge in [-0.15, -0.1) is 0 Å². The van der Waals surface area contributed by atoms with Gasteiger partial charge in [-0.1, -0.05) is 18.2 Å². The number of carbonyl (C=O) groups excluding carboxylic acids is 3. The summed E-state index contributed by atoms with van der Waals surface area (Å²) in [6.45, 7) is -0.621. The Morgan fingerprint density at radius 3 is 2.68 bits per heavy atom. The van der Waals surface area contributed by atoms with Crippen LogP contribution in [-0.2, 0) is 14.3 Å². The summed E-state index contributed by atoms with van der Waals surface area (Å²) in [4.78, 5) is 35.7. The highest BCUT2D eigenvalue weighted by atomic mass is 16.6. The Bertz CT molecular complexity index is 953. The molecule has 0 saturated heterocycles. The maximum atomic E-state index is 12.1. The van der Waals surface area contributed by atoms with Crippen molar-refractivity contribution in [1.82, 2.24) is 10.9 Å². The third-order valence-electron chi connectivity index (χ3n) is 3.69. The monoisotopic (exact) mass is 381 g/mol. The van der Waals surface area contributed by atoms with Crippen LogP contribution in [0.25, 0.3) is 0 Å². The summed E-state index contributed by atoms with van der Waals surface area (Å²) in [7, 11) is 0. The number of nitrogens with zero attached hydrogens (tertiary/aromatic N) is 1. The Hall–Kier alpha value is -4.06. The fourth-order valence-electron chi connectivity index (χ4n) is 2.33. The third kappa shape index (κ3) is 4.56. The molecule has 1 aliphatic heterocycles. The number of rotatable bonds is 4. The van der Waals surface area contributed by atoms with Gasteiger partial charge < -0.3 is 14.2 Å². The maximum Gasteiger partial charge on any atom is 0.338 e. The summed E-state index contributed by atoms with van der Waals surface area (Å²) in [6, 6.07) is 14.7. The lowest BCUT2D eigenvalue weighted by Gasteiger charge is -2.25. The van der Waals surface area contributed by atoms with Crippen molar-refractivity contribution >= 4 is 17.8 Å². The zero-order chi connectivity index (χ0) is 19.9. The van der Waals surface area contributed by atoms with Gasteiger partial charge in [-0.05, 0) is 30.3 Å². The van der Waals surface area contributed by atoms with Crippen LogP contribution in [-0.4, -0.2) is 37.1 Å². The van der Waals surface area contributed by atoms with Crippen LogP contribution in [0.3, 0.4) is 0 Å². The molecule has 0 aliphatic carbocycles. The van der Waals surface area contributed by atoms with E-state index >= 15 is 0 Å². The molecular weight excluding hydrogens is 366 g/mol. The summed E-state index contributed by atoms with van der Waals surface area (Å²) in [6.07, 6.45) is -0.938. The van der Waals surface area contributed by atoms with Crippen LogP contribution < -0.4 is 20.3 Å². The van der Waals surface area contributed by atoms with Gasteiger partial charge in [0.15, 0.2) is 18.1 Å². The van der Waals surface area contributed by atoms with Crippen LogP contribution in [0.2, 0.25) is 0 Å². The molecule has 142 valence electrons. The molecule has 0 bridgehead atoms. The molecule has 9 heteroatoms. The van der Waals surface area contributed by atoms with E-state index in [1.807, 2.05) is 6.07 Å². The SMILES string of the molecule is N#Cc1cccc(C(=O)OCC(=O)NNC(=O)[C@@H]2COc3ccccc3O2)c1. The van der Waals surface area contributed by atoms with Gasteiger partial charge in [0.1, 0.15) is 6.61 Å². The molecule has 9 nitrogen and oxygen atoms in total. The highest BCUT2D eigenvalue weighted by molar-refractivity contribution is 5.92. The number of fused-ring (bicyclic) bond motifs is 1. The number of carbonyl (C=O) groups is 3. The van der Waals surface area contributed by atoms with E-state index in [9.17, 15) is 14.4 Å². The van der Waals surface area contributed by atoms with E-state index in [-0.39, 0.29) is 12.2 Å². The smallest absolute Gasteiger partial charge is 0.338 e. The largest absolute Gasteiger partial charge is 0.485 e. The number of hydrogen-bond donors (Lipinski definition) is 2. The Balaban J connectivity index is 1.43. The first-order valence-corrected chi connectivity index (χ1v) is 8.21. The van der Waals surface area contributed by atoms with Crippen molar-refractivity contribution < 1.29 is 28.6 Å². The number of nitrogens with one attached hydrogen (secondary N) is 2. The van der Waals surface area contributed by atoms with E-state index in [2.05, 4.69) is 10.9 Å². The predicted octanol–water partition coefficient (Wildman–Crippen LogP) is 0.702. The second kappa shape index (κ2) is 8.55. The number of esters is 1. The second-order valence-corrected chi connectivity index (χ2v) is 5.67. The van der Waals surface area contributed by atoms with E-state index in [1.54, 1.807) is 24.3 Å². The number of hydrazine groups is 1. The Kier molecular flexibility index (Phi) is 5.72. The number of hydrogen-bond acceptors (Lipinski definition) is 7. The molecule has 2 aromatic carbocycles. The molecule has 0 saturated carbocycles. The summed E-state index contributed by atoms with van der Waals surface area (Å²) in [5, 5.41) is 8.82. The van der Waals surface area contributed by atoms with Crippen molar-refractivity contribution in [2.24, 2.45) is 0 Å². The minimum absolute atomic E-state index is 0.0110. The first-order chi connectivity index (χ1) is 13.6. The lowest BCUT2D eigenvalue weighted by Crippen LogP contribution is -2.51. The van der Waals surface area contributed by atoms with Crippen LogP contribution in [0.15, 0.2) is 48.5 Å². The Morgan fingerprint density at radius 2 is 1.89 bits per heavy atom. The van der Waals surface area contributed by atoms with Crippen molar-refractivity contribution in [3.63, 3.8) is 0 Å². The van der Waals surface area contributed by atoms with E-state index in [0.717, 1.165) is 0 Å². The van der Waals surface area contributed by atoms with E-state index in [0.29, 0.717) is 17.1 Å². The van der Waals surface area contributed by atoms with Crippen LogP contribution in [0.1, 0.15) is 15.9 Å². The van der Waals surface area contributed by atoms with Gasteiger partial charge in [-0.2, -0.15) is 5.26 Å². The zero-order valence-corrected chi connectivity index (χ0v) is 14.5. The number of ether oxygens (including phenoxy) is 3. The number of para-hydroxylation sites is 2. The second-order valence-electron chi connectivity index (χ2n) is 5.67. The summed E-state index contributed by atoms with van der Waals surface area (Å²) in [5.41, 5.74) is 4.75. The number of benzene rings is 2. The zero-order valence-electron chi connectivity index (χ0n) is 14.5. The topological polar surface area (TPSA) is 127 Å². The molecule has 0 spiro atoms. The van der Waals surface area contributed by atoms with Crippen LogP contribution in [0.4, 0.5) is 0 Å². The van der Waals surface area contributed by atoms with Gasteiger partial charge in [0.05, 0.1) is 17.2 Å². The Morgan fingerprint density at radius 1 is 1.11 bits per heavy atom. The van der Waals surface area contributed by atoms with Crippen molar-refractivity contribution in [3.8, 4) is 17.6 Å². The predicted molar refractivity (Wildman–Crippen MR) is 94.1 cm³/mol.